The van der Waals surface area contributed by atoms with Gasteiger partial charge in [0.25, 0.3) is 5.91 Å². The third-order valence-electron chi connectivity index (χ3n) is 4.94. The normalized spacial score (nSPS) is 14.1. The van der Waals surface area contributed by atoms with Crippen molar-refractivity contribution in [2.24, 2.45) is 0 Å². The molecule has 0 spiro atoms. The maximum absolute atomic E-state index is 12.9. The van der Waals surface area contributed by atoms with Crippen molar-refractivity contribution in [1.29, 1.82) is 0 Å². The highest BCUT2D eigenvalue weighted by atomic mass is 16.5. The Labute approximate surface area is 166 Å². The Morgan fingerprint density at radius 2 is 2.00 bits per heavy atom. The summed E-state index contributed by atoms with van der Waals surface area (Å²) >= 11 is 0. The molecule has 150 valence electrons. The highest BCUT2D eigenvalue weighted by molar-refractivity contribution is 5.97. The Morgan fingerprint density at radius 3 is 2.69 bits per heavy atom. The van der Waals surface area contributed by atoms with Gasteiger partial charge in [-0.2, -0.15) is 0 Å². The van der Waals surface area contributed by atoms with E-state index in [0.717, 1.165) is 5.69 Å². The molecular weight excluding hydrogens is 374 g/mol. The fourth-order valence-electron chi connectivity index (χ4n) is 3.44. The van der Waals surface area contributed by atoms with Crippen LogP contribution < -0.4 is 15.8 Å². The van der Waals surface area contributed by atoms with Gasteiger partial charge in [0, 0.05) is 24.5 Å². The first-order chi connectivity index (χ1) is 13.9. The molecule has 4 heterocycles. The van der Waals surface area contributed by atoms with Gasteiger partial charge in [0.1, 0.15) is 28.8 Å². The smallest absolute Gasteiger partial charge is 0.339 e. The quantitative estimate of drug-likeness (QED) is 0.670. The highest BCUT2D eigenvalue weighted by Crippen LogP contribution is 2.20. The van der Waals surface area contributed by atoms with Crippen molar-refractivity contribution in [1.82, 2.24) is 14.5 Å². The van der Waals surface area contributed by atoms with E-state index in [2.05, 4.69) is 4.98 Å². The van der Waals surface area contributed by atoms with Crippen molar-refractivity contribution in [3.05, 3.63) is 68.1 Å². The summed E-state index contributed by atoms with van der Waals surface area (Å²) in [6.07, 6.45) is 1.35. The Hall–Kier alpha value is -3.42. The average molecular weight is 395 g/mol. The third kappa shape index (κ3) is 3.53. The molecule has 0 radical (unpaired) electrons. The highest BCUT2D eigenvalue weighted by Gasteiger charge is 2.34. The van der Waals surface area contributed by atoms with Crippen molar-refractivity contribution in [3.8, 4) is 5.75 Å². The molecule has 1 amide bonds. The van der Waals surface area contributed by atoms with E-state index in [0.29, 0.717) is 42.2 Å². The van der Waals surface area contributed by atoms with Crippen LogP contribution in [0.15, 0.2) is 44.5 Å². The van der Waals surface area contributed by atoms with E-state index < -0.39 is 5.63 Å². The standard InChI is InChI=1S/C21H21N3O5/c1-4-23-11-17(19(26)16-6-5-12(2)22-20(16)23)21(27)24-9-15(10-24)29-14-7-13(3)28-18(25)8-14/h5-8,11,15H,4,9-10H2,1-3H3. The van der Waals surface area contributed by atoms with E-state index in [1.807, 2.05) is 18.4 Å². The second kappa shape index (κ2) is 7.20. The predicted octanol–water partition coefficient (Wildman–Crippen LogP) is 1.89. The minimum atomic E-state index is -0.479. The SMILES string of the molecule is CCn1cc(C(=O)N2CC(Oc3cc(C)oc(=O)c3)C2)c(=O)c2ccc(C)nc21. The molecule has 0 unspecified atom stereocenters. The largest absolute Gasteiger partial charge is 0.486 e. The van der Waals surface area contributed by atoms with E-state index in [4.69, 9.17) is 9.15 Å². The molecule has 29 heavy (non-hydrogen) atoms. The molecule has 8 nitrogen and oxygen atoms in total. The Bertz CT molecular complexity index is 1220. The summed E-state index contributed by atoms with van der Waals surface area (Å²) in [6, 6.07) is 6.39. The summed E-state index contributed by atoms with van der Waals surface area (Å²) in [7, 11) is 0. The lowest BCUT2D eigenvalue weighted by Crippen LogP contribution is -2.56. The Morgan fingerprint density at radius 1 is 1.24 bits per heavy atom. The monoisotopic (exact) mass is 395 g/mol. The van der Waals surface area contributed by atoms with Gasteiger partial charge in [-0.1, -0.05) is 0 Å². The van der Waals surface area contributed by atoms with Crippen molar-refractivity contribution >= 4 is 16.9 Å². The van der Waals surface area contributed by atoms with Gasteiger partial charge >= 0.3 is 5.63 Å². The zero-order chi connectivity index (χ0) is 20.7. The summed E-state index contributed by atoms with van der Waals surface area (Å²) in [5.74, 6) is 0.541. The number of hydrogen-bond acceptors (Lipinski definition) is 6. The molecule has 0 aliphatic carbocycles. The first-order valence-corrected chi connectivity index (χ1v) is 9.44. The van der Waals surface area contributed by atoms with E-state index in [1.165, 1.54) is 6.07 Å². The van der Waals surface area contributed by atoms with Crippen molar-refractivity contribution in [3.63, 3.8) is 0 Å². The summed E-state index contributed by atoms with van der Waals surface area (Å²) in [5.41, 5.74) is 0.720. The summed E-state index contributed by atoms with van der Waals surface area (Å²) in [5, 5.41) is 0.433. The van der Waals surface area contributed by atoms with Crippen molar-refractivity contribution in [2.75, 3.05) is 13.1 Å². The van der Waals surface area contributed by atoms with E-state index >= 15 is 0 Å². The number of carbonyl (C=O) groups excluding carboxylic acids is 1. The summed E-state index contributed by atoms with van der Waals surface area (Å²) in [6.45, 7) is 6.74. The van der Waals surface area contributed by atoms with Crippen LogP contribution in [0.2, 0.25) is 0 Å². The number of likely N-dealkylation sites (tertiary alicyclic amines) is 1. The molecule has 0 N–H and O–H groups in total. The zero-order valence-corrected chi connectivity index (χ0v) is 16.5. The maximum atomic E-state index is 12.9. The molecule has 1 aliphatic rings. The van der Waals surface area contributed by atoms with Crippen LogP contribution in [0.3, 0.4) is 0 Å². The number of rotatable bonds is 4. The number of aryl methyl sites for hydroxylation is 3. The molecule has 1 aliphatic heterocycles. The van der Waals surface area contributed by atoms with Crippen LogP contribution in [0.4, 0.5) is 0 Å². The molecule has 4 rings (SSSR count). The lowest BCUT2D eigenvalue weighted by Gasteiger charge is -2.38. The fourth-order valence-corrected chi connectivity index (χ4v) is 3.44. The van der Waals surface area contributed by atoms with Gasteiger partial charge in [0.15, 0.2) is 0 Å². The van der Waals surface area contributed by atoms with Gasteiger partial charge < -0.3 is 18.6 Å². The number of pyridine rings is 2. The van der Waals surface area contributed by atoms with E-state index in [9.17, 15) is 14.4 Å². The number of carbonyl (C=O) groups is 1. The van der Waals surface area contributed by atoms with Gasteiger partial charge in [-0.25, -0.2) is 9.78 Å². The molecule has 3 aromatic heterocycles. The van der Waals surface area contributed by atoms with E-state index in [1.54, 1.807) is 36.2 Å². The minimum absolute atomic E-state index is 0.125. The fraction of sp³-hybridized carbons (Fsp3) is 0.333. The topological polar surface area (TPSA) is 94.6 Å². The number of aromatic nitrogens is 2. The molecule has 0 aromatic carbocycles. The van der Waals surface area contributed by atoms with Crippen molar-refractivity contribution in [2.45, 2.75) is 33.4 Å². The molecule has 1 saturated heterocycles. The molecule has 0 atom stereocenters. The number of hydrogen-bond donors (Lipinski definition) is 0. The van der Waals surface area contributed by atoms with Crippen LogP contribution in [0.1, 0.15) is 28.7 Å². The van der Waals surface area contributed by atoms with Crippen LogP contribution in [0.5, 0.6) is 5.75 Å². The van der Waals surface area contributed by atoms with E-state index in [-0.39, 0.29) is 23.0 Å². The lowest BCUT2D eigenvalue weighted by molar-refractivity contribution is 0.0173. The number of fused-ring (bicyclic) bond motifs is 1. The van der Waals surface area contributed by atoms with Crippen LogP contribution in [0.25, 0.3) is 11.0 Å². The first-order valence-electron chi connectivity index (χ1n) is 9.44. The number of nitrogens with zero attached hydrogens (tertiary/aromatic N) is 3. The summed E-state index contributed by atoms with van der Waals surface area (Å²) < 4.78 is 12.5. The molecule has 0 saturated carbocycles. The second-order valence-corrected chi connectivity index (χ2v) is 7.15. The molecular formula is C21H21N3O5. The maximum Gasteiger partial charge on any atom is 0.339 e. The van der Waals surface area contributed by atoms with Crippen LogP contribution in [0, 0.1) is 13.8 Å². The molecule has 0 bridgehead atoms. The molecule has 8 heteroatoms. The molecule has 3 aromatic rings. The van der Waals surface area contributed by atoms with Gasteiger partial charge in [-0.3, -0.25) is 9.59 Å². The lowest BCUT2D eigenvalue weighted by atomic mass is 10.1. The van der Waals surface area contributed by atoms with Crippen LogP contribution >= 0.6 is 0 Å². The third-order valence-corrected chi connectivity index (χ3v) is 4.94. The van der Waals surface area contributed by atoms with Gasteiger partial charge in [-0.05, 0) is 32.9 Å². The Kier molecular flexibility index (Phi) is 4.70. The van der Waals surface area contributed by atoms with Gasteiger partial charge in [0.2, 0.25) is 5.43 Å². The van der Waals surface area contributed by atoms with Gasteiger partial charge in [-0.15, -0.1) is 0 Å². The van der Waals surface area contributed by atoms with Crippen LogP contribution in [-0.4, -0.2) is 39.6 Å². The first kappa shape index (κ1) is 18.9. The summed E-state index contributed by atoms with van der Waals surface area (Å²) in [4.78, 5) is 43.2. The average Bonchev–Trinajstić information content (AvgIpc) is 2.63. The second-order valence-electron chi connectivity index (χ2n) is 7.15. The predicted molar refractivity (Wildman–Crippen MR) is 106 cm³/mol. The minimum Gasteiger partial charge on any atom is -0.486 e. The zero-order valence-electron chi connectivity index (χ0n) is 16.5. The molecule has 1 fully saturated rings. The van der Waals surface area contributed by atoms with Crippen LogP contribution in [-0.2, 0) is 6.54 Å². The number of ether oxygens (including phenoxy) is 1. The van der Waals surface area contributed by atoms with Gasteiger partial charge in [0.05, 0.1) is 24.5 Å². The number of amides is 1. The van der Waals surface area contributed by atoms with Crippen molar-refractivity contribution < 1.29 is 13.9 Å². The Balaban J connectivity index is 1.54.